The minimum absolute atomic E-state index is 0.0107. The van der Waals surface area contributed by atoms with Gasteiger partial charge in [-0.05, 0) is 32.8 Å². The Balaban J connectivity index is 1.30. The number of aromatic nitrogens is 3. The van der Waals surface area contributed by atoms with E-state index < -0.39 is 0 Å². The fourth-order valence-electron chi connectivity index (χ4n) is 4.58. The number of hydrogen-bond donors (Lipinski definition) is 0. The Hall–Kier alpha value is -2.37. The van der Waals surface area contributed by atoms with Gasteiger partial charge in [0.05, 0.1) is 12.6 Å². The van der Waals surface area contributed by atoms with Gasteiger partial charge >= 0.3 is 0 Å². The van der Waals surface area contributed by atoms with Crippen molar-refractivity contribution in [2.45, 2.75) is 38.1 Å². The first-order chi connectivity index (χ1) is 12.1. The zero-order chi connectivity index (χ0) is 17.2. The maximum absolute atomic E-state index is 13.0. The van der Waals surface area contributed by atoms with Crippen molar-refractivity contribution in [2.75, 3.05) is 19.7 Å². The van der Waals surface area contributed by atoms with Crippen LogP contribution in [0.25, 0.3) is 0 Å². The molecule has 2 aliphatic heterocycles. The summed E-state index contributed by atoms with van der Waals surface area (Å²) in [6, 6.07) is 8.46. The third-order valence-corrected chi connectivity index (χ3v) is 6.03. The number of carbonyl (C=O) groups excluding carboxylic acids is 1. The zero-order valence-electron chi connectivity index (χ0n) is 14.6. The second-order valence-corrected chi connectivity index (χ2v) is 7.56. The van der Waals surface area contributed by atoms with E-state index in [0.29, 0.717) is 12.5 Å². The van der Waals surface area contributed by atoms with E-state index in [9.17, 15) is 4.79 Å². The van der Waals surface area contributed by atoms with Crippen LogP contribution in [0.5, 0.6) is 5.75 Å². The molecule has 6 heteroatoms. The summed E-state index contributed by atoms with van der Waals surface area (Å²) in [5.74, 6) is 3.08. The van der Waals surface area contributed by atoms with Gasteiger partial charge in [-0.25, -0.2) is 9.67 Å². The van der Waals surface area contributed by atoms with Crippen molar-refractivity contribution in [2.24, 2.45) is 5.92 Å². The minimum Gasteiger partial charge on any atom is -0.493 e. The van der Waals surface area contributed by atoms with Crippen LogP contribution in [0, 0.1) is 19.8 Å². The molecule has 3 aliphatic rings. The molecule has 1 saturated heterocycles. The molecule has 5 rings (SSSR count). The Morgan fingerprint density at radius 1 is 1.28 bits per heavy atom. The lowest BCUT2D eigenvalue weighted by atomic mass is 9.87. The van der Waals surface area contributed by atoms with Crippen LogP contribution in [0.3, 0.4) is 0 Å². The SMILES string of the molecule is Cc1nc(C)n(C2CN(C(=O)C3CC34CCOc3ccccc34)C2)n1. The number of amides is 1. The molecule has 3 heterocycles. The monoisotopic (exact) mass is 338 g/mol. The molecule has 130 valence electrons. The number of likely N-dealkylation sites (tertiary alicyclic amines) is 1. The average molecular weight is 338 g/mol. The summed E-state index contributed by atoms with van der Waals surface area (Å²) >= 11 is 0. The summed E-state index contributed by atoms with van der Waals surface area (Å²) in [4.78, 5) is 19.3. The van der Waals surface area contributed by atoms with Crippen molar-refractivity contribution >= 4 is 5.91 Å². The molecule has 1 saturated carbocycles. The van der Waals surface area contributed by atoms with Gasteiger partial charge in [-0.3, -0.25) is 4.79 Å². The van der Waals surface area contributed by atoms with Crippen molar-refractivity contribution in [1.82, 2.24) is 19.7 Å². The van der Waals surface area contributed by atoms with Crippen LogP contribution in [0.2, 0.25) is 0 Å². The Morgan fingerprint density at radius 3 is 2.84 bits per heavy atom. The summed E-state index contributed by atoms with van der Waals surface area (Å²) in [6.07, 6.45) is 1.90. The topological polar surface area (TPSA) is 60.2 Å². The predicted octanol–water partition coefficient (Wildman–Crippen LogP) is 2.02. The van der Waals surface area contributed by atoms with Gasteiger partial charge in [-0.1, -0.05) is 18.2 Å². The van der Waals surface area contributed by atoms with Gasteiger partial charge in [0.25, 0.3) is 0 Å². The Kier molecular flexibility index (Phi) is 3.03. The largest absolute Gasteiger partial charge is 0.493 e. The van der Waals surface area contributed by atoms with Gasteiger partial charge in [-0.15, -0.1) is 0 Å². The highest BCUT2D eigenvalue weighted by atomic mass is 16.5. The van der Waals surface area contributed by atoms with Crippen LogP contribution in [-0.4, -0.2) is 45.3 Å². The third-order valence-electron chi connectivity index (χ3n) is 6.03. The van der Waals surface area contributed by atoms with E-state index >= 15 is 0 Å². The fourth-order valence-corrected chi connectivity index (χ4v) is 4.58. The van der Waals surface area contributed by atoms with Crippen LogP contribution in [0.15, 0.2) is 24.3 Å². The first kappa shape index (κ1) is 14.9. The highest BCUT2D eigenvalue weighted by Gasteiger charge is 2.62. The molecule has 0 radical (unpaired) electrons. The Bertz CT molecular complexity index is 855. The molecule has 2 unspecified atom stereocenters. The van der Waals surface area contributed by atoms with Gasteiger partial charge in [0.1, 0.15) is 17.4 Å². The zero-order valence-corrected chi connectivity index (χ0v) is 14.6. The van der Waals surface area contributed by atoms with Crippen LogP contribution < -0.4 is 4.74 Å². The van der Waals surface area contributed by atoms with Gasteiger partial charge in [0.15, 0.2) is 0 Å². The van der Waals surface area contributed by atoms with E-state index in [1.165, 1.54) is 5.56 Å². The molecule has 0 bridgehead atoms. The van der Waals surface area contributed by atoms with Crippen molar-refractivity contribution < 1.29 is 9.53 Å². The number of carbonyl (C=O) groups is 1. The van der Waals surface area contributed by atoms with E-state index in [1.54, 1.807) is 0 Å². The molecule has 1 aliphatic carbocycles. The first-order valence-corrected chi connectivity index (χ1v) is 8.99. The van der Waals surface area contributed by atoms with Gasteiger partial charge in [0, 0.05) is 30.0 Å². The number of fused-ring (bicyclic) bond motifs is 2. The molecule has 1 aromatic carbocycles. The molecule has 25 heavy (non-hydrogen) atoms. The molecule has 2 fully saturated rings. The standard InChI is InChI=1S/C19H22N4O2/c1-12-20-13(2)23(21-12)14-10-22(11-14)18(24)16-9-19(16)7-8-25-17-6-4-3-5-15(17)19/h3-6,14,16H,7-11H2,1-2H3. The highest BCUT2D eigenvalue weighted by molar-refractivity contribution is 5.85. The molecule has 0 N–H and O–H groups in total. The highest BCUT2D eigenvalue weighted by Crippen LogP contribution is 2.61. The van der Waals surface area contributed by atoms with Crippen molar-refractivity contribution in [3.63, 3.8) is 0 Å². The summed E-state index contributed by atoms with van der Waals surface area (Å²) in [5.41, 5.74) is 1.23. The molecular formula is C19H22N4O2. The Labute approximate surface area is 146 Å². The number of para-hydroxylation sites is 1. The van der Waals surface area contributed by atoms with E-state index in [2.05, 4.69) is 16.1 Å². The second kappa shape index (κ2) is 5.07. The minimum atomic E-state index is 0.0107. The van der Waals surface area contributed by atoms with E-state index in [4.69, 9.17) is 4.74 Å². The van der Waals surface area contributed by atoms with Crippen LogP contribution in [0.4, 0.5) is 0 Å². The lowest BCUT2D eigenvalue weighted by molar-refractivity contribution is -0.139. The molecule has 6 nitrogen and oxygen atoms in total. The molecular weight excluding hydrogens is 316 g/mol. The number of aryl methyl sites for hydroxylation is 2. The third kappa shape index (κ3) is 2.12. The van der Waals surface area contributed by atoms with E-state index in [1.807, 2.05) is 41.6 Å². The summed E-state index contributed by atoms with van der Waals surface area (Å²) in [6.45, 7) is 6.07. The summed E-state index contributed by atoms with van der Waals surface area (Å²) in [5, 5.41) is 4.45. The second-order valence-electron chi connectivity index (χ2n) is 7.56. The van der Waals surface area contributed by atoms with Crippen LogP contribution in [0.1, 0.15) is 36.1 Å². The lowest BCUT2D eigenvalue weighted by Gasteiger charge is -2.40. The number of hydrogen-bond acceptors (Lipinski definition) is 4. The van der Waals surface area contributed by atoms with Crippen molar-refractivity contribution in [3.8, 4) is 5.75 Å². The number of ether oxygens (including phenoxy) is 1. The van der Waals surface area contributed by atoms with Gasteiger partial charge in [0.2, 0.25) is 5.91 Å². The smallest absolute Gasteiger partial charge is 0.226 e. The van der Waals surface area contributed by atoms with E-state index in [0.717, 1.165) is 43.3 Å². The average Bonchev–Trinajstić information content (AvgIpc) is 3.17. The van der Waals surface area contributed by atoms with E-state index in [-0.39, 0.29) is 17.4 Å². The first-order valence-electron chi connectivity index (χ1n) is 8.99. The Morgan fingerprint density at radius 2 is 2.08 bits per heavy atom. The normalized spacial score (nSPS) is 27.6. The summed E-state index contributed by atoms with van der Waals surface area (Å²) in [7, 11) is 0. The van der Waals surface area contributed by atoms with Gasteiger partial charge in [-0.2, -0.15) is 5.10 Å². The van der Waals surface area contributed by atoms with Gasteiger partial charge < -0.3 is 9.64 Å². The maximum atomic E-state index is 13.0. The quantitative estimate of drug-likeness (QED) is 0.840. The van der Waals surface area contributed by atoms with Crippen molar-refractivity contribution in [1.29, 1.82) is 0 Å². The van der Waals surface area contributed by atoms with Crippen LogP contribution in [-0.2, 0) is 10.2 Å². The fraction of sp³-hybridized carbons (Fsp3) is 0.526. The molecule has 2 aromatic rings. The lowest BCUT2D eigenvalue weighted by Crippen LogP contribution is -2.52. The van der Waals surface area contributed by atoms with Crippen molar-refractivity contribution in [3.05, 3.63) is 41.5 Å². The number of nitrogens with zero attached hydrogens (tertiary/aromatic N) is 4. The molecule has 1 amide bonds. The summed E-state index contributed by atoms with van der Waals surface area (Å²) < 4.78 is 7.74. The number of rotatable bonds is 2. The predicted molar refractivity (Wildman–Crippen MR) is 91.5 cm³/mol. The molecule has 1 spiro atoms. The molecule has 1 aromatic heterocycles. The molecule has 2 atom stereocenters. The maximum Gasteiger partial charge on any atom is 0.226 e. The van der Waals surface area contributed by atoms with Crippen LogP contribution >= 0.6 is 0 Å². The number of benzene rings is 1.